The summed E-state index contributed by atoms with van der Waals surface area (Å²) < 4.78 is 50.8. The van der Waals surface area contributed by atoms with Crippen molar-refractivity contribution in [3.63, 3.8) is 0 Å². The minimum Gasteiger partial charge on any atom is -0.390 e. The smallest absolute Gasteiger partial charge is 0.223 e. The zero-order valence-corrected chi connectivity index (χ0v) is 22.4. The van der Waals surface area contributed by atoms with Crippen molar-refractivity contribution in [3.05, 3.63) is 70.8 Å². The number of sulfone groups is 1. The molecular weight excluding hydrogens is 498 g/mol. The van der Waals surface area contributed by atoms with Crippen LogP contribution in [0.5, 0.6) is 0 Å². The van der Waals surface area contributed by atoms with E-state index in [4.69, 9.17) is 0 Å². The van der Waals surface area contributed by atoms with Crippen LogP contribution in [0.2, 0.25) is 0 Å². The van der Waals surface area contributed by atoms with Crippen LogP contribution in [-0.2, 0) is 34.0 Å². The molecule has 2 unspecified atom stereocenters. The van der Waals surface area contributed by atoms with Gasteiger partial charge in [-0.2, -0.15) is 0 Å². The van der Waals surface area contributed by atoms with E-state index in [1.807, 2.05) is 12.1 Å². The highest BCUT2D eigenvalue weighted by Gasteiger charge is 2.30. The standard InChI is InChI=1S/C28H38F2N2O4S/c1-3-19-5-4-6-21(11-19)16-31-17-27(33)26(14-22-12-24(29)15-25(30)13-22)32-28(34)23-9-7-20(8-10-23)18-37(2,35)36/h4-6,11-13,15,20,23,26-27,31,33H,3,7-10,14,16-18H2,1-2H3,(H,32,34). The van der Waals surface area contributed by atoms with E-state index >= 15 is 0 Å². The molecule has 0 spiro atoms. The topological polar surface area (TPSA) is 95.5 Å². The van der Waals surface area contributed by atoms with Crippen molar-refractivity contribution in [1.29, 1.82) is 0 Å². The number of amides is 1. The van der Waals surface area contributed by atoms with Crippen LogP contribution in [0.1, 0.15) is 49.3 Å². The number of benzene rings is 2. The Hall–Kier alpha value is -2.36. The van der Waals surface area contributed by atoms with Crippen molar-refractivity contribution in [2.24, 2.45) is 11.8 Å². The van der Waals surface area contributed by atoms with Gasteiger partial charge in [0.2, 0.25) is 5.91 Å². The number of carbonyl (C=O) groups excluding carboxylic acids is 1. The summed E-state index contributed by atoms with van der Waals surface area (Å²) in [5.41, 5.74) is 2.63. The fourth-order valence-electron chi connectivity index (χ4n) is 5.05. The Bertz CT molecular complexity index is 1130. The number of hydrogen-bond donors (Lipinski definition) is 3. The summed E-state index contributed by atoms with van der Waals surface area (Å²) in [5, 5.41) is 17.1. The van der Waals surface area contributed by atoms with Crippen molar-refractivity contribution in [2.75, 3.05) is 18.6 Å². The van der Waals surface area contributed by atoms with Crippen LogP contribution < -0.4 is 10.6 Å². The van der Waals surface area contributed by atoms with E-state index in [1.54, 1.807) is 0 Å². The van der Waals surface area contributed by atoms with Crippen LogP contribution in [0.4, 0.5) is 8.78 Å². The van der Waals surface area contributed by atoms with Gasteiger partial charge < -0.3 is 15.7 Å². The van der Waals surface area contributed by atoms with Gasteiger partial charge in [0.15, 0.2) is 0 Å². The van der Waals surface area contributed by atoms with E-state index in [2.05, 4.69) is 29.7 Å². The van der Waals surface area contributed by atoms with Crippen LogP contribution in [0.25, 0.3) is 0 Å². The summed E-state index contributed by atoms with van der Waals surface area (Å²) in [7, 11) is -3.07. The fourth-order valence-corrected chi connectivity index (χ4v) is 6.24. The van der Waals surface area contributed by atoms with Gasteiger partial charge in [0.1, 0.15) is 21.5 Å². The van der Waals surface area contributed by atoms with Gasteiger partial charge in [0.25, 0.3) is 0 Å². The van der Waals surface area contributed by atoms with Gasteiger partial charge in [-0.15, -0.1) is 0 Å². The molecule has 9 heteroatoms. The first kappa shape index (κ1) is 29.2. The Kier molecular flexibility index (Phi) is 10.6. The second-order valence-corrected chi connectivity index (χ2v) is 12.5. The lowest BCUT2D eigenvalue weighted by atomic mass is 9.82. The number of aryl methyl sites for hydroxylation is 1. The van der Waals surface area contributed by atoms with Crippen LogP contribution in [0.15, 0.2) is 42.5 Å². The zero-order chi connectivity index (χ0) is 27.0. The number of carbonyl (C=O) groups is 1. The average molecular weight is 537 g/mol. The molecule has 0 aliphatic heterocycles. The zero-order valence-electron chi connectivity index (χ0n) is 21.6. The van der Waals surface area contributed by atoms with Gasteiger partial charge in [0, 0.05) is 31.3 Å². The first-order chi connectivity index (χ1) is 17.5. The summed E-state index contributed by atoms with van der Waals surface area (Å²) in [5.74, 6) is -1.78. The molecule has 1 saturated carbocycles. The normalized spacial score (nSPS) is 19.8. The Morgan fingerprint density at radius 1 is 1.03 bits per heavy atom. The van der Waals surface area contributed by atoms with Crippen LogP contribution in [0.3, 0.4) is 0 Å². The number of nitrogens with one attached hydrogen (secondary N) is 2. The monoisotopic (exact) mass is 536 g/mol. The van der Waals surface area contributed by atoms with E-state index in [9.17, 15) is 27.1 Å². The quantitative estimate of drug-likeness (QED) is 0.386. The number of aliphatic hydroxyl groups is 1. The molecule has 2 aromatic carbocycles. The second kappa shape index (κ2) is 13.4. The Morgan fingerprint density at radius 3 is 2.30 bits per heavy atom. The molecule has 204 valence electrons. The summed E-state index contributed by atoms with van der Waals surface area (Å²) in [4.78, 5) is 13.1. The van der Waals surface area contributed by atoms with E-state index in [1.165, 1.54) is 24.0 Å². The minimum absolute atomic E-state index is 0.0473. The molecule has 1 aliphatic rings. The van der Waals surface area contributed by atoms with E-state index in [0.29, 0.717) is 37.8 Å². The average Bonchev–Trinajstić information content (AvgIpc) is 2.82. The highest BCUT2D eigenvalue weighted by Crippen LogP contribution is 2.30. The van der Waals surface area contributed by atoms with Gasteiger partial charge in [-0.05, 0) is 73.3 Å². The Balaban J connectivity index is 1.63. The molecule has 1 amide bonds. The van der Waals surface area contributed by atoms with Gasteiger partial charge in [-0.3, -0.25) is 4.79 Å². The highest BCUT2D eigenvalue weighted by atomic mass is 32.2. The molecule has 2 aromatic rings. The van der Waals surface area contributed by atoms with Gasteiger partial charge >= 0.3 is 0 Å². The van der Waals surface area contributed by atoms with E-state index in [-0.39, 0.29) is 36.5 Å². The minimum atomic E-state index is -3.07. The number of hydrogen-bond acceptors (Lipinski definition) is 5. The maximum atomic E-state index is 13.8. The lowest BCUT2D eigenvalue weighted by Crippen LogP contribution is -2.50. The number of halogens is 2. The van der Waals surface area contributed by atoms with Crippen molar-refractivity contribution < 1.29 is 27.1 Å². The van der Waals surface area contributed by atoms with E-state index < -0.39 is 33.6 Å². The molecule has 1 fully saturated rings. The molecule has 3 rings (SSSR count). The predicted octanol–water partition coefficient (Wildman–Crippen LogP) is 3.56. The first-order valence-electron chi connectivity index (χ1n) is 12.9. The molecule has 3 N–H and O–H groups in total. The third-order valence-electron chi connectivity index (χ3n) is 7.01. The molecule has 0 saturated heterocycles. The third-order valence-corrected chi connectivity index (χ3v) is 8.09. The van der Waals surface area contributed by atoms with Crippen molar-refractivity contribution in [1.82, 2.24) is 10.6 Å². The molecular formula is C28H38F2N2O4S. The molecule has 0 aromatic heterocycles. The second-order valence-electron chi connectivity index (χ2n) is 10.3. The lowest BCUT2D eigenvalue weighted by molar-refractivity contribution is -0.127. The maximum Gasteiger partial charge on any atom is 0.223 e. The van der Waals surface area contributed by atoms with Gasteiger partial charge in [-0.1, -0.05) is 31.2 Å². The van der Waals surface area contributed by atoms with Crippen LogP contribution >= 0.6 is 0 Å². The predicted molar refractivity (Wildman–Crippen MR) is 141 cm³/mol. The fraction of sp³-hybridized carbons (Fsp3) is 0.536. The maximum absolute atomic E-state index is 13.8. The van der Waals surface area contributed by atoms with Crippen LogP contribution in [-0.4, -0.2) is 50.1 Å². The Morgan fingerprint density at radius 2 is 1.68 bits per heavy atom. The summed E-state index contributed by atoms with van der Waals surface area (Å²) in [6.45, 7) is 2.79. The van der Waals surface area contributed by atoms with Gasteiger partial charge in [0.05, 0.1) is 17.9 Å². The molecule has 37 heavy (non-hydrogen) atoms. The van der Waals surface area contributed by atoms with Crippen molar-refractivity contribution in [2.45, 2.75) is 64.1 Å². The molecule has 1 aliphatic carbocycles. The largest absolute Gasteiger partial charge is 0.390 e. The van der Waals surface area contributed by atoms with Crippen molar-refractivity contribution >= 4 is 15.7 Å². The Labute approximate surface area is 218 Å². The number of rotatable bonds is 12. The molecule has 0 bridgehead atoms. The summed E-state index contributed by atoms with van der Waals surface area (Å²) >= 11 is 0. The first-order valence-corrected chi connectivity index (χ1v) is 15.0. The molecule has 0 heterocycles. The third kappa shape index (κ3) is 9.79. The van der Waals surface area contributed by atoms with E-state index in [0.717, 1.165) is 18.1 Å². The SMILES string of the molecule is CCc1cccc(CNCC(O)C(Cc2cc(F)cc(F)c2)NC(=O)C2CCC(CS(C)(=O)=O)CC2)c1. The molecule has 6 nitrogen and oxygen atoms in total. The van der Waals surface area contributed by atoms with Crippen molar-refractivity contribution in [3.8, 4) is 0 Å². The molecule has 2 atom stereocenters. The summed E-state index contributed by atoms with van der Waals surface area (Å²) in [6.07, 6.45) is 3.64. The molecule has 0 radical (unpaired) electrons. The lowest BCUT2D eigenvalue weighted by Gasteiger charge is -2.30. The summed E-state index contributed by atoms with van der Waals surface area (Å²) in [6, 6.07) is 10.6. The van der Waals surface area contributed by atoms with Gasteiger partial charge in [-0.25, -0.2) is 17.2 Å². The highest BCUT2D eigenvalue weighted by molar-refractivity contribution is 7.90. The van der Waals surface area contributed by atoms with Crippen LogP contribution in [0, 0.1) is 23.5 Å². The number of aliphatic hydroxyl groups excluding tert-OH is 1.